The van der Waals surface area contributed by atoms with Crippen molar-refractivity contribution in [2.75, 3.05) is 0 Å². The molecule has 2 aromatic heterocycles. The van der Waals surface area contributed by atoms with Gasteiger partial charge in [0.05, 0.1) is 22.8 Å². The van der Waals surface area contributed by atoms with E-state index < -0.39 is 0 Å². The molecule has 3 heteroatoms. The Labute approximate surface area is 113 Å². The van der Waals surface area contributed by atoms with E-state index >= 15 is 0 Å². The summed E-state index contributed by atoms with van der Waals surface area (Å²) in [6.45, 7) is 13.2. The lowest BCUT2D eigenvalue weighted by molar-refractivity contribution is 1.16. The third-order valence-corrected chi connectivity index (χ3v) is 2.84. The molecule has 0 radical (unpaired) electrons. The minimum Gasteiger partial charge on any atom is -0.323 e. The SMILES string of the molecule is C=C/C=C\c1c(C)nc2[nH]c(C=C)c(/C=C\C=C)n12. The minimum absolute atomic E-state index is 0.805. The Morgan fingerprint density at radius 3 is 2.26 bits per heavy atom. The van der Waals surface area contributed by atoms with E-state index in [0.717, 1.165) is 28.6 Å². The molecule has 0 fully saturated rings. The molecule has 2 rings (SSSR count). The molecule has 0 amide bonds. The fourth-order valence-corrected chi connectivity index (χ4v) is 2.01. The van der Waals surface area contributed by atoms with Crippen molar-refractivity contribution >= 4 is 24.0 Å². The number of H-pyrrole nitrogens is 1. The molecular weight excluding hydrogens is 234 g/mol. The van der Waals surface area contributed by atoms with Gasteiger partial charge in [0, 0.05) is 0 Å². The number of hydrogen-bond donors (Lipinski definition) is 1. The predicted molar refractivity (Wildman–Crippen MR) is 82.8 cm³/mol. The monoisotopic (exact) mass is 251 g/mol. The highest BCUT2D eigenvalue weighted by Gasteiger charge is 2.13. The van der Waals surface area contributed by atoms with Crippen LogP contribution in [0.2, 0.25) is 0 Å². The Morgan fingerprint density at radius 1 is 1.05 bits per heavy atom. The zero-order chi connectivity index (χ0) is 13.8. The van der Waals surface area contributed by atoms with Crippen LogP contribution in [0.5, 0.6) is 0 Å². The van der Waals surface area contributed by atoms with E-state index in [9.17, 15) is 0 Å². The number of allylic oxidation sites excluding steroid dienone is 4. The van der Waals surface area contributed by atoms with Crippen LogP contribution in [-0.2, 0) is 0 Å². The first kappa shape index (κ1) is 12.9. The number of hydrogen-bond acceptors (Lipinski definition) is 1. The molecule has 0 atom stereocenters. The van der Waals surface area contributed by atoms with Gasteiger partial charge in [0.25, 0.3) is 0 Å². The lowest BCUT2D eigenvalue weighted by atomic mass is 10.2. The van der Waals surface area contributed by atoms with Crippen molar-refractivity contribution in [3.8, 4) is 0 Å². The average molecular weight is 251 g/mol. The summed E-state index contributed by atoms with van der Waals surface area (Å²) >= 11 is 0. The summed E-state index contributed by atoms with van der Waals surface area (Å²) in [4.78, 5) is 7.77. The second-order valence-electron chi connectivity index (χ2n) is 4.06. The Morgan fingerprint density at radius 2 is 1.68 bits per heavy atom. The Hall–Kier alpha value is -2.55. The first-order chi connectivity index (χ1) is 9.22. The van der Waals surface area contributed by atoms with E-state index in [4.69, 9.17) is 0 Å². The van der Waals surface area contributed by atoms with Crippen molar-refractivity contribution in [3.05, 3.63) is 66.8 Å². The molecule has 0 aliphatic heterocycles. The summed E-state index contributed by atoms with van der Waals surface area (Å²) in [5.41, 5.74) is 3.94. The quantitative estimate of drug-likeness (QED) is 0.800. The zero-order valence-electron chi connectivity index (χ0n) is 11.1. The molecule has 3 nitrogen and oxygen atoms in total. The lowest BCUT2D eigenvalue weighted by Crippen LogP contribution is -1.90. The fraction of sp³-hybridized carbons (Fsp3) is 0.0625. The summed E-state index contributed by atoms with van der Waals surface area (Å²) < 4.78 is 2.06. The molecular formula is C16H17N3. The van der Waals surface area contributed by atoms with Crippen LogP contribution in [0.3, 0.4) is 0 Å². The first-order valence-corrected chi connectivity index (χ1v) is 6.04. The van der Waals surface area contributed by atoms with Gasteiger partial charge in [0.1, 0.15) is 0 Å². The lowest BCUT2D eigenvalue weighted by Gasteiger charge is -1.98. The first-order valence-electron chi connectivity index (χ1n) is 6.04. The van der Waals surface area contributed by atoms with Crippen molar-refractivity contribution in [3.63, 3.8) is 0 Å². The van der Waals surface area contributed by atoms with E-state index in [-0.39, 0.29) is 0 Å². The maximum atomic E-state index is 4.52. The second kappa shape index (κ2) is 5.40. The number of nitrogens with zero attached hydrogens (tertiary/aromatic N) is 2. The van der Waals surface area contributed by atoms with Crippen LogP contribution in [0.4, 0.5) is 0 Å². The normalized spacial score (nSPS) is 11.6. The Bertz CT molecular complexity index is 693. The molecule has 0 aliphatic carbocycles. The van der Waals surface area contributed by atoms with Crippen molar-refractivity contribution in [1.29, 1.82) is 0 Å². The average Bonchev–Trinajstić information content (AvgIpc) is 2.89. The van der Waals surface area contributed by atoms with Gasteiger partial charge in [-0.2, -0.15) is 0 Å². The van der Waals surface area contributed by atoms with Crippen LogP contribution in [0.15, 0.2) is 44.0 Å². The van der Waals surface area contributed by atoms with Crippen LogP contribution in [-0.4, -0.2) is 14.4 Å². The van der Waals surface area contributed by atoms with Gasteiger partial charge in [-0.1, -0.05) is 44.0 Å². The van der Waals surface area contributed by atoms with Gasteiger partial charge in [-0.25, -0.2) is 4.98 Å². The van der Waals surface area contributed by atoms with Crippen molar-refractivity contribution in [1.82, 2.24) is 14.4 Å². The summed E-state index contributed by atoms with van der Waals surface area (Å²) in [5.74, 6) is 0.805. The van der Waals surface area contributed by atoms with E-state index in [1.165, 1.54) is 0 Å². The topological polar surface area (TPSA) is 33.1 Å². The van der Waals surface area contributed by atoms with Crippen LogP contribution >= 0.6 is 0 Å². The van der Waals surface area contributed by atoms with Crippen molar-refractivity contribution in [2.24, 2.45) is 0 Å². The van der Waals surface area contributed by atoms with Gasteiger partial charge in [0.15, 0.2) is 0 Å². The second-order valence-corrected chi connectivity index (χ2v) is 4.06. The van der Waals surface area contributed by atoms with Gasteiger partial charge >= 0.3 is 0 Å². The van der Waals surface area contributed by atoms with Gasteiger partial charge in [-0.3, -0.25) is 4.40 Å². The molecule has 0 saturated carbocycles. The number of aryl methyl sites for hydroxylation is 1. The standard InChI is InChI=1S/C16H17N3/c1-5-8-10-14-12(4)17-16-18-13(7-3)15(19(14)16)11-9-6-2/h5-11H,1-3H2,4H3,(H,17,18)/b10-8-,11-9-. The number of aromatic nitrogens is 3. The summed E-state index contributed by atoms with van der Waals surface area (Å²) in [6.07, 6.45) is 13.1. The highest BCUT2D eigenvalue weighted by atomic mass is 15.1. The number of fused-ring (bicyclic) bond motifs is 1. The number of rotatable bonds is 5. The summed E-state index contributed by atoms with van der Waals surface area (Å²) in [5, 5.41) is 0. The van der Waals surface area contributed by atoms with Crippen LogP contribution < -0.4 is 0 Å². The van der Waals surface area contributed by atoms with Crippen molar-refractivity contribution in [2.45, 2.75) is 6.92 Å². The number of imidazole rings is 2. The van der Waals surface area contributed by atoms with Gasteiger partial charge in [-0.05, 0) is 25.2 Å². The number of aromatic amines is 1. The van der Waals surface area contributed by atoms with Crippen LogP contribution in [0.25, 0.3) is 24.0 Å². The maximum absolute atomic E-state index is 4.52. The summed E-state index contributed by atoms with van der Waals surface area (Å²) in [6, 6.07) is 0. The summed E-state index contributed by atoms with van der Waals surface area (Å²) in [7, 11) is 0. The highest BCUT2D eigenvalue weighted by Crippen LogP contribution is 2.21. The third-order valence-electron chi connectivity index (χ3n) is 2.84. The zero-order valence-corrected chi connectivity index (χ0v) is 11.1. The van der Waals surface area contributed by atoms with E-state index in [0.29, 0.717) is 0 Å². The van der Waals surface area contributed by atoms with E-state index in [2.05, 4.69) is 34.1 Å². The van der Waals surface area contributed by atoms with E-state index in [1.807, 2.05) is 31.2 Å². The Balaban J connectivity index is 2.77. The van der Waals surface area contributed by atoms with Crippen LogP contribution in [0.1, 0.15) is 22.8 Å². The third kappa shape index (κ3) is 2.22. The minimum atomic E-state index is 0.805. The molecule has 0 aromatic carbocycles. The van der Waals surface area contributed by atoms with Gasteiger partial charge in [0.2, 0.25) is 5.78 Å². The molecule has 0 saturated heterocycles. The maximum Gasteiger partial charge on any atom is 0.212 e. The largest absolute Gasteiger partial charge is 0.323 e. The van der Waals surface area contributed by atoms with Crippen LogP contribution in [0, 0.1) is 6.92 Å². The number of nitrogens with one attached hydrogen (secondary N) is 1. The molecule has 19 heavy (non-hydrogen) atoms. The smallest absolute Gasteiger partial charge is 0.212 e. The predicted octanol–water partition coefficient (Wildman–Crippen LogP) is 4.01. The molecule has 0 spiro atoms. The molecule has 2 aromatic rings. The molecule has 0 unspecified atom stereocenters. The molecule has 0 bridgehead atoms. The van der Waals surface area contributed by atoms with E-state index in [1.54, 1.807) is 18.2 Å². The molecule has 2 heterocycles. The molecule has 0 aliphatic rings. The van der Waals surface area contributed by atoms with Crippen molar-refractivity contribution < 1.29 is 0 Å². The van der Waals surface area contributed by atoms with Gasteiger partial charge in [-0.15, -0.1) is 0 Å². The highest BCUT2D eigenvalue weighted by molar-refractivity contribution is 5.68. The van der Waals surface area contributed by atoms with Gasteiger partial charge < -0.3 is 4.98 Å². The fourth-order valence-electron chi connectivity index (χ4n) is 2.01. The Kier molecular flexibility index (Phi) is 3.66. The molecule has 96 valence electrons. The molecule has 1 N–H and O–H groups in total.